The van der Waals surface area contributed by atoms with Crippen molar-refractivity contribution in [1.29, 1.82) is 5.26 Å². The van der Waals surface area contributed by atoms with Gasteiger partial charge in [0, 0.05) is 12.3 Å². The van der Waals surface area contributed by atoms with Crippen molar-refractivity contribution >= 4 is 5.91 Å². The molecule has 1 aromatic carbocycles. The highest BCUT2D eigenvalue weighted by Crippen LogP contribution is 2.19. The van der Waals surface area contributed by atoms with Crippen molar-refractivity contribution in [1.82, 2.24) is 9.88 Å². The Balaban J connectivity index is 1.48. The van der Waals surface area contributed by atoms with Crippen LogP contribution in [0.3, 0.4) is 0 Å². The first-order valence-corrected chi connectivity index (χ1v) is 7.61. The zero-order valence-corrected chi connectivity index (χ0v) is 13.3. The Morgan fingerprint density at radius 2 is 2.21 bits per heavy atom. The molecule has 1 saturated heterocycles. The van der Waals surface area contributed by atoms with Crippen LogP contribution in [0, 0.1) is 11.3 Å². The molecule has 0 unspecified atom stereocenters. The van der Waals surface area contributed by atoms with Gasteiger partial charge in [-0.1, -0.05) is 12.1 Å². The van der Waals surface area contributed by atoms with Gasteiger partial charge in [0.15, 0.2) is 0 Å². The Kier molecular flexibility index (Phi) is 4.62. The van der Waals surface area contributed by atoms with E-state index >= 15 is 0 Å². The fraction of sp³-hybridized carbons (Fsp3) is 0.278. The molecule has 1 fully saturated rings. The van der Waals surface area contributed by atoms with E-state index in [1.165, 1.54) is 6.20 Å². The first kappa shape index (κ1) is 15.8. The number of nitrogens with zero attached hydrogens (tertiary/aromatic N) is 3. The molecule has 0 spiro atoms. The monoisotopic (exact) mass is 323 g/mol. The van der Waals surface area contributed by atoms with E-state index in [1.54, 1.807) is 24.1 Å². The predicted octanol–water partition coefficient (Wildman–Crippen LogP) is 1.79. The van der Waals surface area contributed by atoms with Gasteiger partial charge < -0.3 is 14.4 Å². The van der Waals surface area contributed by atoms with E-state index in [-0.39, 0.29) is 12.0 Å². The van der Waals surface area contributed by atoms with Gasteiger partial charge in [-0.05, 0) is 23.8 Å². The topological polar surface area (TPSA) is 75.4 Å². The number of methoxy groups -OCH3 is 1. The van der Waals surface area contributed by atoms with Crippen LogP contribution in [0.2, 0.25) is 0 Å². The van der Waals surface area contributed by atoms with Gasteiger partial charge in [-0.3, -0.25) is 4.79 Å². The zero-order valence-electron chi connectivity index (χ0n) is 13.3. The molecular formula is C18H17N3O3. The number of pyridine rings is 1. The molecule has 2 heterocycles. The maximum absolute atomic E-state index is 12.3. The summed E-state index contributed by atoms with van der Waals surface area (Å²) in [6, 6.07) is 12.8. The normalized spacial score (nSPS) is 13.8. The van der Waals surface area contributed by atoms with Crippen molar-refractivity contribution in [2.75, 3.05) is 20.2 Å². The fourth-order valence-corrected chi connectivity index (χ4v) is 2.47. The summed E-state index contributed by atoms with van der Waals surface area (Å²) in [6.07, 6.45) is 1.76. The average Bonchev–Trinajstić information content (AvgIpc) is 2.58. The Morgan fingerprint density at radius 3 is 2.88 bits per heavy atom. The number of ether oxygens (including phenoxy) is 2. The van der Waals surface area contributed by atoms with Crippen molar-refractivity contribution in [3.63, 3.8) is 0 Å². The molecule has 0 saturated carbocycles. The third-order valence-corrected chi connectivity index (χ3v) is 3.84. The van der Waals surface area contributed by atoms with Gasteiger partial charge >= 0.3 is 0 Å². The minimum Gasteiger partial charge on any atom is -0.497 e. The summed E-state index contributed by atoms with van der Waals surface area (Å²) in [5.41, 5.74) is 1.42. The number of likely N-dealkylation sites (tertiary alicyclic amines) is 1. The molecule has 2 aromatic rings. The van der Waals surface area contributed by atoms with Crippen LogP contribution in [0.1, 0.15) is 11.1 Å². The second kappa shape index (κ2) is 7.01. The number of nitriles is 1. The van der Waals surface area contributed by atoms with Gasteiger partial charge in [-0.25, -0.2) is 4.98 Å². The van der Waals surface area contributed by atoms with E-state index in [2.05, 4.69) is 4.98 Å². The van der Waals surface area contributed by atoms with E-state index < -0.39 is 0 Å². The Labute approximate surface area is 140 Å². The molecule has 3 rings (SSSR count). The summed E-state index contributed by atoms with van der Waals surface area (Å²) in [5, 5.41) is 8.73. The molecule has 1 aliphatic heterocycles. The van der Waals surface area contributed by atoms with E-state index in [4.69, 9.17) is 14.7 Å². The number of aromatic nitrogens is 1. The average molecular weight is 323 g/mol. The van der Waals surface area contributed by atoms with Crippen molar-refractivity contribution < 1.29 is 14.3 Å². The lowest BCUT2D eigenvalue weighted by molar-refractivity contribution is -0.139. The number of carbonyl (C=O) groups excluding carboxylic acids is 1. The van der Waals surface area contributed by atoms with E-state index in [0.29, 0.717) is 31.0 Å². The fourth-order valence-electron chi connectivity index (χ4n) is 2.47. The van der Waals surface area contributed by atoms with Crippen molar-refractivity contribution in [3.05, 3.63) is 53.7 Å². The van der Waals surface area contributed by atoms with Gasteiger partial charge in [-0.15, -0.1) is 0 Å². The molecule has 24 heavy (non-hydrogen) atoms. The molecule has 0 bridgehead atoms. The second-order valence-electron chi connectivity index (χ2n) is 5.56. The quantitative estimate of drug-likeness (QED) is 0.838. The Morgan fingerprint density at radius 1 is 1.38 bits per heavy atom. The summed E-state index contributed by atoms with van der Waals surface area (Å²) in [7, 11) is 1.61. The molecule has 122 valence electrons. The Bertz CT molecular complexity index is 762. The highest BCUT2D eigenvalue weighted by atomic mass is 16.5. The SMILES string of the molecule is COc1cccc(CC(=O)N2CC(Oc3ccc(C#N)cn3)C2)c1. The lowest BCUT2D eigenvalue weighted by Gasteiger charge is -2.38. The molecule has 6 heteroatoms. The molecule has 1 amide bonds. The first-order chi connectivity index (χ1) is 11.7. The van der Waals surface area contributed by atoms with Crippen molar-refractivity contribution in [2.24, 2.45) is 0 Å². The molecule has 1 aromatic heterocycles. The smallest absolute Gasteiger partial charge is 0.227 e. The van der Waals surface area contributed by atoms with Crippen LogP contribution in [0.4, 0.5) is 0 Å². The zero-order chi connectivity index (χ0) is 16.9. The predicted molar refractivity (Wildman–Crippen MR) is 86.6 cm³/mol. The van der Waals surface area contributed by atoms with E-state index in [0.717, 1.165) is 11.3 Å². The van der Waals surface area contributed by atoms with Gasteiger partial charge in [0.1, 0.15) is 17.9 Å². The highest BCUT2D eigenvalue weighted by molar-refractivity contribution is 5.79. The van der Waals surface area contributed by atoms with Gasteiger partial charge in [0.05, 0.1) is 32.2 Å². The number of rotatable bonds is 5. The van der Waals surface area contributed by atoms with Crippen LogP contribution in [0.25, 0.3) is 0 Å². The van der Waals surface area contributed by atoms with Crippen LogP contribution >= 0.6 is 0 Å². The summed E-state index contributed by atoms with van der Waals surface area (Å²) in [6.45, 7) is 1.09. The Hall–Kier alpha value is -3.07. The molecule has 1 aliphatic rings. The number of amides is 1. The van der Waals surface area contributed by atoms with Crippen LogP contribution in [-0.2, 0) is 11.2 Å². The number of carbonyl (C=O) groups is 1. The van der Waals surface area contributed by atoms with Gasteiger partial charge in [0.25, 0.3) is 0 Å². The van der Waals surface area contributed by atoms with E-state index in [9.17, 15) is 4.79 Å². The molecule has 0 N–H and O–H groups in total. The molecule has 0 atom stereocenters. The number of hydrogen-bond acceptors (Lipinski definition) is 5. The molecule has 0 aliphatic carbocycles. The van der Waals surface area contributed by atoms with Crippen LogP contribution in [0.5, 0.6) is 11.6 Å². The molecule has 0 radical (unpaired) electrons. The van der Waals surface area contributed by atoms with E-state index in [1.807, 2.05) is 30.3 Å². The van der Waals surface area contributed by atoms with Crippen LogP contribution < -0.4 is 9.47 Å². The minimum absolute atomic E-state index is 0.0558. The molecule has 6 nitrogen and oxygen atoms in total. The van der Waals surface area contributed by atoms with Crippen molar-refractivity contribution in [3.8, 4) is 17.7 Å². The summed E-state index contributed by atoms with van der Waals surface area (Å²) in [4.78, 5) is 18.1. The van der Waals surface area contributed by atoms with Gasteiger partial charge in [0.2, 0.25) is 11.8 Å². The lowest BCUT2D eigenvalue weighted by Crippen LogP contribution is -2.56. The van der Waals surface area contributed by atoms with Crippen LogP contribution in [-0.4, -0.2) is 42.1 Å². The second-order valence-corrected chi connectivity index (χ2v) is 5.56. The largest absolute Gasteiger partial charge is 0.497 e. The maximum Gasteiger partial charge on any atom is 0.227 e. The summed E-state index contributed by atoms with van der Waals surface area (Å²) in [5.74, 6) is 1.28. The maximum atomic E-state index is 12.3. The summed E-state index contributed by atoms with van der Waals surface area (Å²) >= 11 is 0. The standard InChI is InChI=1S/C18H17N3O3/c1-23-15-4-2-3-13(7-15)8-18(22)21-11-16(12-21)24-17-6-5-14(9-19)10-20-17/h2-7,10,16H,8,11-12H2,1H3. The minimum atomic E-state index is -0.0558. The number of benzene rings is 1. The third-order valence-electron chi connectivity index (χ3n) is 3.84. The highest BCUT2D eigenvalue weighted by Gasteiger charge is 2.32. The lowest BCUT2D eigenvalue weighted by atomic mass is 10.1. The first-order valence-electron chi connectivity index (χ1n) is 7.61. The van der Waals surface area contributed by atoms with Gasteiger partial charge in [-0.2, -0.15) is 5.26 Å². The number of hydrogen-bond donors (Lipinski definition) is 0. The molecular weight excluding hydrogens is 306 g/mol. The van der Waals surface area contributed by atoms with Crippen LogP contribution in [0.15, 0.2) is 42.6 Å². The van der Waals surface area contributed by atoms with Crippen molar-refractivity contribution in [2.45, 2.75) is 12.5 Å². The summed E-state index contributed by atoms with van der Waals surface area (Å²) < 4.78 is 10.8. The third kappa shape index (κ3) is 3.63.